The highest BCUT2D eigenvalue weighted by Crippen LogP contribution is 2.24. The number of hydrogen-bond donors (Lipinski definition) is 1. The van der Waals surface area contributed by atoms with E-state index in [-0.39, 0.29) is 29.9 Å². The quantitative estimate of drug-likeness (QED) is 0.770. The maximum Gasteiger partial charge on any atom is 0.306 e. The van der Waals surface area contributed by atoms with Crippen molar-refractivity contribution in [3.8, 4) is 0 Å². The highest BCUT2D eigenvalue weighted by Gasteiger charge is 2.30. The van der Waals surface area contributed by atoms with E-state index in [9.17, 15) is 18.0 Å². The second-order valence-corrected chi connectivity index (χ2v) is 8.84. The minimum Gasteiger partial charge on any atom is -0.459 e. The first-order valence-electron chi connectivity index (χ1n) is 8.46. The lowest BCUT2D eigenvalue weighted by atomic mass is 10.1. The zero-order valence-electron chi connectivity index (χ0n) is 14.4. The number of carbonyl (C=O) groups excluding carboxylic acids is 2. The lowest BCUT2D eigenvalue weighted by molar-refractivity contribution is -0.149. The number of sulfone groups is 1. The van der Waals surface area contributed by atoms with Gasteiger partial charge < -0.3 is 14.5 Å². The monoisotopic (exact) mass is 379 g/mol. The Morgan fingerprint density at radius 1 is 1.35 bits per heavy atom. The molecule has 0 radical (unpaired) electrons. The molecular formula is C18H21NO6S. The van der Waals surface area contributed by atoms with E-state index in [1.165, 1.54) is 0 Å². The van der Waals surface area contributed by atoms with Gasteiger partial charge in [-0.2, -0.15) is 0 Å². The van der Waals surface area contributed by atoms with E-state index in [1.807, 2.05) is 30.3 Å². The van der Waals surface area contributed by atoms with Crippen LogP contribution in [-0.4, -0.2) is 38.4 Å². The van der Waals surface area contributed by atoms with Gasteiger partial charge in [0.05, 0.1) is 17.5 Å². The number of ether oxygens (including phenoxy) is 1. The summed E-state index contributed by atoms with van der Waals surface area (Å²) in [6.07, 6.45) is 0.484. The molecule has 0 bridgehead atoms. The van der Waals surface area contributed by atoms with Crippen molar-refractivity contribution >= 4 is 32.7 Å². The zero-order chi connectivity index (χ0) is 18.7. The Morgan fingerprint density at radius 3 is 2.81 bits per heavy atom. The van der Waals surface area contributed by atoms with Gasteiger partial charge >= 0.3 is 5.97 Å². The number of benzene rings is 1. The van der Waals surface area contributed by atoms with Crippen molar-refractivity contribution in [2.24, 2.45) is 5.92 Å². The van der Waals surface area contributed by atoms with Gasteiger partial charge in [-0.1, -0.05) is 18.2 Å². The summed E-state index contributed by atoms with van der Waals surface area (Å²) in [7, 11) is -3.03. The minimum absolute atomic E-state index is 0.0113. The lowest BCUT2D eigenvalue weighted by Crippen LogP contribution is -2.31. The van der Waals surface area contributed by atoms with Gasteiger partial charge in [-0.15, -0.1) is 0 Å². The normalized spacial score (nSPS) is 20.0. The van der Waals surface area contributed by atoms with Crippen LogP contribution in [0.3, 0.4) is 0 Å². The van der Waals surface area contributed by atoms with Crippen molar-refractivity contribution in [1.29, 1.82) is 0 Å². The molecule has 3 rings (SSSR count). The van der Waals surface area contributed by atoms with Crippen molar-refractivity contribution in [2.45, 2.75) is 25.8 Å². The van der Waals surface area contributed by atoms with Crippen molar-refractivity contribution in [2.75, 3.05) is 18.1 Å². The van der Waals surface area contributed by atoms with E-state index in [2.05, 4.69) is 5.32 Å². The molecule has 1 aliphatic heterocycles. The molecule has 1 aliphatic rings. The lowest BCUT2D eigenvalue weighted by Gasteiger charge is -2.12. The van der Waals surface area contributed by atoms with Crippen LogP contribution in [0.25, 0.3) is 11.0 Å². The Hall–Kier alpha value is -2.35. The minimum atomic E-state index is -3.03. The molecule has 1 amide bonds. The largest absolute Gasteiger partial charge is 0.459 e. The second kappa shape index (κ2) is 7.49. The Kier molecular flexibility index (Phi) is 5.31. The number of esters is 1. The molecule has 1 fully saturated rings. The molecule has 7 nitrogen and oxygen atoms in total. The first kappa shape index (κ1) is 18.4. The summed E-state index contributed by atoms with van der Waals surface area (Å²) >= 11 is 0. The van der Waals surface area contributed by atoms with Gasteiger partial charge in [-0.3, -0.25) is 9.59 Å². The van der Waals surface area contributed by atoms with Gasteiger partial charge in [0.2, 0.25) is 0 Å². The van der Waals surface area contributed by atoms with Crippen LogP contribution in [-0.2, 0) is 24.2 Å². The zero-order valence-corrected chi connectivity index (χ0v) is 15.3. The highest BCUT2D eigenvalue weighted by molar-refractivity contribution is 7.91. The fraction of sp³-hybridized carbons (Fsp3) is 0.444. The van der Waals surface area contributed by atoms with E-state index in [0.29, 0.717) is 12.2 Å². The van der Waals surface area contributed by atoms with Gasteiger partial charge in [-0.05, 0) is 31.4 Å². The molecular weight excluding hydrogens is 358 g/mol. The first-order chi connectivity index (χ1) is 12.3. The fourth-order valence-corrected chi connectivity index (χ4v) is 4.91. The number of amides is 1. The van der Waals surface area contributed by atoms with E-state index < -0.39 is 28.3 Å². The molecule has 2 heterocycles. The number of furan rings is 1. The predicted octanol–water partition coefficient (Wildman–Crippen LogP) is 1.98. The summed E-state index contributed by atoms with van der Waals surface area (Å²) in [4.78, 5) is 23.7. The van der Waals surface area contributed by atoms with Crippen LogP contribution in [0.5, 0.6) is 0 Å². The topological polar surface area (TPSA) is 103 Å². The van der Waals surface area contributed by atoms with E-state index in [4.69, 9.17) is 9.15 Å². The maximum atomic E-state index is 12.0. The van der Waals surface area contributed by atoms with Crippen molar-refractivity contribution in [1.82, 2.24) is 5.32 Å². The Balaban J connectivity index is 1.45. The molecule has 8 heteroatoms. The van der Waals surface area contributed by atoms with Crippen LogP contribution in [0.4, 0.5) is 0 Å². The molecule has 140 valence electrons. The Morgan fingerprint density at radius 2 is 2.12 bits per heavy atom. The summed E-state index contributed by atoms with van der Waals surface area (Å²) in [6.45, 7) is 1.38. The smallest absolute Gasteiger partial charge is 0.306 e. The Bertz CT molecular complexity index is 884. The van der Waals surface area contributed by atoms with Crippen molar-refractivity contribution < 1.29 is 27.2 Å². The summed E-state index contributed by atoms with van der Waals surface area (Å²) in [5.74, 6) is -0.478. The van der Waals surface area contributed by atoms with Crippen LogP contribution in [0.15, 0.2) is 34.7 Å². The number of para-hydroxylation sites is 1. The van der Waals surface area contributed by atoms with Gasteiger partial charge in [-0.25, -0.2) is 8.42 Å². The number of nitrogens with one attached hydrogen (secondary N) is 1. The summed E-state index contributed by atoms with van der Waals surface area (Å²) < 4.78 is 33.4. The van der Waals surface area contributed by atoms with Crippen molar-refractivity contribution in [3.05, 3.63) is 36.1 Å². The van der Waals surface area contributed by atoms with Gasteiger partial charge in [0.25, 0.3) is 5.91 Å². The highest BCUT2D eigenvalue weighted by atomic mass is 32.2. The maximum absolute atomic E-state index is 12.0. The average Bonchev–Trinajstić information content (AvgIpc) is 3.16. The average molecular weight is 379 g/mol. The summed E-state index contributed by atoms with van der Waals surface area (Å²) in [6, 6.07) is 9.02. The third-order valence-electron chi connectivity index (χ3n) is 4.40. The number of rotatable bonds is 6. The Labute approximate surface area is 151 Å². The van der Waals surface area contributed by atoms with Gasteiger partial charge in [0.15, 0.2) is 16.4 Å². The third kappa shape index (κ3) is 4.63. The van der Waals surface area contributed by atoms with Gasteiger partial charge in [0.1, 0.15) is 11.3 Å². The van der Waals surface area contributed by atoms with E-state index >= 15 is 0 Å². The van der Waals surface area contributed by atoms with E-state index in [0.717, 1.165) is 11.0 Å². The standard InChI is InChI=1S/C18H21NO6S/c1-12(16-9-14-4-2-3-5-15(14)25-16)19-17(20)10-24-18(21)8-13-6-7-26(22,23)11-13/h2-5,9,12-13H,6-8,10-11H2,1H3,(H,19,20)/t12-,13-/m0/s1. The van der Waals surface area contributed by atoms with Gasteiger partial charge in [0, 0.05) is 11.8 Å². The number of hydrogen-bond acceptors (Lipinski definition) is 6. The number of carbonyl (C=O) groups is 2. The summed E-state index contributed by atoms with van der Waals surface area (Å²) in [5.41, 5.74) is 0.738. The third-order valence-corrected chi connectivity index (χ3v) is 6.23. The van der Waals surface area contributed by atoms with Crippen LogP contribution in [0.1, 0.15) is 31.6 Å². The molecule has 0 unspecified atom stereocenters. The molecule has 0 aliphatic carbocycles. The fourth-order valence-electron chi connectivity index (χ4n) is 3.04. The summed E-state index contributed by atoms with van der Waals surface area (Å²) in [5, 5.41) is 3.66. The second-order valence-electron chi connectivity index (χ2n) is 6.61. The molecule has 2 aromatic rings. The van der Waals surface area contributed by atoms with Crippen LogP contribution in [0.2, 0.25) is 0 Å². The molecule has 1 aromatic carbocycles. The van der Waals surface area contributed by atoms with Crippen LogP contribution in [0, 0.1) is 5.92 Å². The van der Waals surface area contributed by atoms with Crippen LogP contribution < -0.4 is 5.32 Å². The number of fused-ring (bicyclic) bond motifs is 1. The SMILES string of the molecule is C[C@H](NC(=O)COC(=O)C[C@@H]1CCS(=O)(=O)C1)c1cc2ccccc2o1. The molecule has 1 aromatic heterocycles. The molecule has 0 spiro atoms. The van der Waals surface area contributed by atoms with Crippen LogP contribution >= 0.6 is 0 Å². The van der Waals surface area contributed by atoms with Crippen molar-refractivity contribution in [3.63, 3.8) is 0 Å². The molecule has 1 saturated heterocycles. The molecule has 26 heavy (non-hydrogen) atoms. The molecule has 1 N–H and O–H groups in total. The first-order valence-corrected chi connectivity index (χ1v) is 10.3. The molecule has 2 atom stereocenters. The van der Waals surface area contributed by atoms with E-state index in [1.54, 1.807) is 6.92 Å². The molecule has 0 saturated carbocycles. The predicted molar refractivity (Wildman–Crippen MR) is 95.1 cm³/mol.